The first-order chi connectivity index (χ1) is 12.1. The average Bonchev–Trinajstić information content (AvgIpc) is 3.06. The van der Waals surface area contributed by atoms with Gasteiger partial charge in [0.25, 0.3) is 0 Å². The number of ether oxygens (including phenoxy) is 3. The highest BCUT2D eigenvalue weighted by Gasteiger charge is 2.13. The van der Waals surface area contributed by atoms with E-state index in [2.05, 4.69) is 4.99 Å². The van der Waals surface area contributed by atoms with Gasteiger partial charge in [-0.15, -0.1) is 0 Å². The highest BCUT2D eigenvalue weighted by molar-refractivity contribution is 8.13. The number of hydrogen-bond donors (Lipinski definition) is 0. The van der Waals surface area contributed by atoms with Gasteiger partial charge < -0.3 is 14.2 Å². The second-order valence-electron chi connectivity index (χ2n) is 5.41. The van der Waals surface area contributed by atoms with E-state index in [0.29, 0.717) is 23.3 Å². The maximum Gasteiger partial charge on any atom is 0.246 e. The molecule has 0 saturated heterocycles. The molecule has 1 heterocycles. The van der Waals surface area contributed by atoms with Crippen LogP contribution in [0.5, 0.6) is 17.2 Å². The van der Waals surface area contributed by atoms with Crippen molar-refractivity contribution < 1.29 is 23.0 Å². The van der Waals surface area contributed by atoms with Gasteiger partial charge in [-0.2, -0.15) is 0 Å². The highest BCUT2D eigenvalue weighted by atomic mass is 32.2. The molecule has 2 aromatic rings. The molecule has 0 radical (unpaired) electrons. The Kier molecular flexibility index (Phi) is 5.75. The van der Waals surface area contributed by atoms with Gasteiger partial charge in [-0.25, -0.2) is 13.8 Å². The van der Waals surface area contributed by atoms with Gasteiger partial charge in [0.15, 0.2) is 0 Å². The molecule has 2 aromatic carbocycles. The van der Waals surface area contributed by atoms with E-state index in [4.69, 9.17) is 14.2 Å². The maximum absolute atomic E-state index is 13.2. The lowest BCUT2D eigenvalue weighted by atomic mass is 10.3. The van der Waals surface area contributed by atoms with Crippen LogP contribution in [0.3, 0.4) is 0 Å². The van der Waals surface area contributed by atoms with Gasteiger partial charge in [-0.3, -0.25) is 0 Å². The van der Waals surface area contributed by atoms with E-state index in [1.54, 1.807) is 36.0 Å². The van der Waals surface area contributed by atoms with Crippen LogP contribution in [-0.4, -0.2) is 30.2 Å². The molecule has 0 aromatic heterocycles. The molecule has 1 aliphatic heterocycles. The molecular formula is C18H17F2NO3S. The molecule has 7 heteroatoms. The lowest BCUT2D eigenvalue weighted by molar-refractivity contribution is 0.138. The van der Waals surface area contributed by atoms with E-state index in [1.807, 2.05) is 6.92 Å². The topological polar surface area (TPSA) is 40.0 Å². The number of thioether (sulfide) groups is 1. The van der Waals surface area contributed by atoms with Crippen molar-refractivity contribution in [2.45, 2.75) is 13.0 Å². The molecule has 4 nitrogen and oxygen atoms in total. The lowest BCUT2D eigenvalue weighted by Gasteiger charge is -2.15. The monoisotopic (exact) mass is 365 g/mol. The largest absolute Gasteiger partial charge is 0.490 e. The van der Waals surface area contributed by atoms with E-state index < -0.39 is 11.6 Å². The van der Waals surface area contributed by atoms with Crippen LogP contribution < -0.4 is 9.47 Å². The first kappa shape index (κ1) is 17.5. The molecule has 0 amide bonds. The zero-order valence-corrected chi connectivity index (χ0v) is 14.4. The summed E-state index contributed by atoms with van der Waals surface area (Å²) in [7, 11) is 0. The normalized spacial score (nSPS) is 14.8. The Balaban J connectivity index is 1.51. The predicted octanol–water partition coefficient (Wildman–Crippen LogP) is 4.64. The van der Waals surface area contributed by atoms with Crippen LogP contribution in [0.1, 0.15) is 6.92 Å². The Bertz CT molecular complexity index is 732. The molecule has 0 spiro atoms. The molecule has 25 heavy (non-hydrogen) atoms. The fourth-order valence-corrected chi connectivity index (χ4v) is 2.91. The minimum Gasteiger partial charge on any atom is -0.490 e. The number of hydrogen-bond acceptors (Lipinski definition) is 5. The van der Waals surface area contributed by atoms with Crippen LogP contribution in [0.15, 0.2) is 47.5 Å². The minimum atomic E-state index is -0.686. The Morgan fingerprint density at radius 1 is 1.04 bits per heavy atom. The van der Waals surface area contributed by atoms with Gasteiger partial charge in [0.1, 0.15) is 41.6 Å². The number of nitrogens with zero attached hydrogens (tertiary/aromatic N) is 1. The average molecular weight is 365 g/mol. The van der Waals surface area contributed by atoms with Crippen molar-refractivity contribution >= 4 is 17.0 Å². The van der Waals surface area contributed by atoms with Gasteiger partial charge in [-0.05, 0) is 31.2 Å². The fourth-order valence-electron chi connectivity index (χ4n) is 2.13. The van der Waals surface area contributed by atoms with E-state index >= 15 is 0 Å². The second-order valence-corrected chi connectivity index (χ2v) is 6.46. The number of benzene rings is 2. The van der Waals surface area contributed by atoms with Gasteiger partial charge in [0.05, 0.1) is 6.54 Å². The Morgan fingerprint density at radius 2 is 1.72 bits per heavy atom. The molecule has 1 atom stereocenters. The van der Waals surface area contributed by atoms with Crippen LogP contribution in [-0.2, 0) is 4.74 Å². The van der Waals surface area contributed by atoms with E-state index in [-0.39, 0.29) is 11.9 Å². The van der Waals surface area contributed by atoms with Crippen LogP contribution in [0.2, 0.25) is 0 Å². The van der Waals surface area contributed by atoms with Crippen molar-refractivity contribution in [2.75, 3.05) is 18.9 Å². The summed E-state index contributed by atoms with van der Waals surface area (Å²) >= 11 is 1.60. The molecule has 1 unspecified atom stereocenters. The number of aliphatic imine (C=N–C) groups is 1. The maximum atomic E-state index is 13.2. The molecule has 0 aliphatic carbocycles. The second kappa shape index (κ2) is 8.20. The van der Waals surface area contributed by atoms with Crippen molar-refractivity contribution in [2.24, 2.45) is 4.99 Å². The van der Waals surface area contributed by atoms with Gasteiger partial charge in [0, 0.05) is 24.0 Å². The Hall–Kier alpha value is -2.28. The third-order valence-electron chi connectivity index (χ3n) is 3.24. The Labute approximate surface area is 148 Å². The van der Waals surface area contributed by atoms with Crippen LogP contribution in [0, 0.1) is 11.6 Å². The summed E-state index contributed by atoms with van der Waals surface area (Å²) in [4.78, 5) is 4.23. The quantitative estimate of drug-likeness (QED) is 0.747. The van der Waals surface area contributed by atoms with Gasteiger partial charge >= 0.3 is 0 Å². The third kappa shape index (κ3) is 5.35. The zero-order chi connectivity index (χ0) is 17.6. The number of halogens is 2. The highest BCUT2D eigenvalue weighted by Crippen LogP contribution is 2.25. The summed E-state index contributed by atoms with van der Waals surface area (Å²) in [5, 5.41) is 0.710. The van der Waals surface area contributed by atoms with Crippen molar-refractivity contribution in [3.05, 3.63) is 54.1 Å². The predicted molar refractivity (Wildman–Crippen MR) is 93.7 cm³/mol. The molecule has 132 valence electrons. The molecule has 0 saturated carbocycles. The van der Waals surface area contributed by atoms with Crippen molar-refractivity contribution in [1.29, 1.82) is 0 Å². The third-order valence-corrected chi connectivity index (χ3v) is 4.10. The van der Waals surface area contributed by atoms with Crippen LogP contribution >= 0.6 is 11.8 Å². The molecule has 0 fully saturated rings. The number of rotatable bonds is 6. The van der Waals surface area contributed by atoms with E-state index in [9.17, 15) is 8.78 Å². The summed E-state index contributed by atoms with van der Waals surface area (Å²) < 4.78 is 43.0. The standard InChI is InChI=1S/C18H17F2NO3S/c1-12(23-18-21-6-7-25-18)11-22-15-2-4-16(5-3-15)24-17-9-13(19)8-14(20)10-17/h2-5,8-10,12H,6-7,11H2,1H3. The molecule has 0 N–H and O–H groups in total. The fraction of sp³-hybridized carbons (Fsp3) is 0.278. The van der Waals surface area contributed by atoms with Gasteiger partial charge in [-0.1, -0.05) is 11.8 Å². The first-order valence-electron chi connectivity index (χ1n) is 7.79. The summed E-state index contributed by atoms with van der Waals surface area (Å²) in [5.41, 5.74) is 0. The summed E-state index contributed by atoms with van der Waals surface area (Å²) in [5.74, 6) is 0.790. The van der Waals surface area contributed by atoms with E-state index in [1.165, 1.54) is 0 Å². The Morgan fingerprint density at radius 3 is 2.36 bits per heavy atom. The van der Waals surface area contributed by atoms with Crippen molar-refractivity contribution in [1.82, 2.24) is 0 Å². The summed E-state index contributed by atoms with van der Waals surface area (Å²) in [6, 6.07) is 9.81. The molecule has 3 rings (SSSR count). The SMILES string of the molecule is CC(COc1ccc(Oc2cc(F)cc(F)c2)cc1)OC1=NCCS1. The van der Waals surface area contributed by atoms with Crippen LogP contribution in [0.25, 0.3) is 0 Å². The van der Waals surface area contributed by atoms with Crippen molar-refractivity contribution in [3.63, 3.8) is 0 Å². The van der Waals surface area contributed by atoms with Gasteiger partial charge in [0.2, 0.25) is 5.23 Å². The van der Waals surface area contributed by atoms with Crippen molar-refractivity contribution in [3.8, 4) is 17.2 Å². The molecule has 0 bridgehead atoms. The molecular weight excluding hydrogens is 348 g/mol. The first-order valence-corrected chi connectivity index (χ1v) is 8.78. The summed E-state index contributed by atoms with van der Waals surface area (Å²) in [6.07, 6.45) is -0.115. The summed E-state index contributed by atoms with van der Waals surface area (Å²) in [6.45, 7) is 3.09. The van der Waals surface area contributed by atoms with Crippen LogP contribution in [0.4, 0.5) is 8.78 Å². The zero-order valence-electron chi connectivity index (χ0n) is 13.6. The van der Waals surface area contributed by atoms with E-state index in [0.717, 1.165) is 30.5 Å². The molecule has 1 aliphatic rings. The smallest absolute Gasteiger partial charge is 0.246 e. The minimum absolute atomic E-state index is 0.100. The lowest BCUT2D eigenvalue weighted by Crippen LogP contribution is -2.20.